The Bertz CT molecular complexity index is 1470. The molecule has 4 aliphatic rings. The summed E-state index contributed by atoms with van der Waals surface area (Å²) in [6.45, 7) is 8.74. The molecule has 1 saturated heterocycles. The number of hydrogen-bond acceptors (Lipinski definition) is 9. The van der Waals surface area contributed by atoms with Crippen molar-refractivity contribution < 1.29 is 78.4 Å². The van der Waals surface area contributed by atoms with Crippen LogP contribution >= 0.6 is 0 Å². The third-order valence-electron chi connectivity index (χ3n) is 9.58. The number of aliphatic hydroxyl groups excluding tert-OH is 1. The van der Waals surface area contributed by atoms with E-state index in [4.69, 9.17) is 9.47 Å². The molecule has 1 fully saturated rings. The SMILES string of the molecule is CC(=O)N[C@@H](C)C(=O)NC[C@H]1c2c(c(O)c(C)c3c2OCO3)CC2[C@H]3c4c(cc(C)c(C)c4O)C[C@@H]([C@H](O)N21)N3C.[Ac]. The number of nitrogens with one attached hydrogen (secondary N) is 2. The van der Waals surface area contributed by atoms with Gasteiger partial charge >= 0.3 is 0 Å². The summed E-state index contributed by atoms with van der Waals surface area (Å²) in [7, 11) is 1.97. The Kier molecular flexibility index (Phi) is 8.53. The fraction of sp³-hybridized carbons (Fsp3) is 0.533. The van der Waals surface area contributed by atoms with Gasteiger partial charge in [0.15, 0.2) is 11.5 Å². The zero-order valence-electron chi connectivity index (χ0n) is 24.8. The molecule has 0 aromatic heterocycles. The quantitative estimate of drug-likeness (QED) is 0.312. The normalized spacial score (nSPS) is 26.3. The number of aliphatic hydroxyl groups is 1. The number of phenols is 2. The van der Waals surface area contributed by atoms with Gasteiger partial charge in [-0.1, -0.05) is 6.07 Å². The average Bonchev–Trinajstić information content (AvgIpc) is 3.41. The number of benzene rings is 2. The van der Waals surface area contributed by atoms with Crippen molar-refractivity contribution in [3.8, 4) is 23.0 Å². The van der Waals surface area contributed by atoms with Crippen molar-refractivity contribution in [3.05, 3.63) is 45.0 Å². The van der Waals surface area contributed by atoms with Crippen molar-refractivity contribution in [1.82, 2.24) is 20.4 Å². The Balaban J connectivity index is 0.00000353. The van der Waals surface area contributed by atoms with Crippen LogP contribution in [0, 0.1) is 64.8 Å². The third-order valence-corrected chi connectivity index (χ3v) is 9.58. The van der Waals surface area contributed by atoms with E-state index in [0.717, 1.165) is 22.3 Å². The van der Waals surface area contributed by atoms with E-state index in [1.165, 1.54) is 6.92 Å². The standard InChI is InChI=1S/C30H38N4O7.Ac/c1-12-7-17-8-20-30(39)34-19(24(33(20)6)22(17)26(37)13(12)2)9-18-23(28-27(40-11-41-28)14(3)25(18)36)21(34)10-31-29(38)15(4)32-16(5)35;/h7,15,19-21,24,30,36-37,39H,8-11H2,1-6H3,(H,31,38)(H,32,35);/t15-,19?,20-,21-,24-,30-;/m0./s1. The molecular formula is C30H38AcN4O7. The van der Waals surface area contributed by atoms with Gasteiger partial charge in [-0.25, -0.2) is 0 Å². The Labute approximate surface area is 281 Å². The Morgan fingerprint density at radius 2 is 1.74 bits per heavy atom. The second kappa shape index (κ2) is 11.4. The van der Waals surface area contributed by atoms with Gasteiger partial charge in [0.2, 0.25) is 18.6 Å². The molecule has 2 aromatic carbocycles. The van der Waals surface area contributed by atoms with Gasteiger partial charge in [-0.05, 0) is 64.3 Å². The molecule has 4 aliphatic heterocycles. The first-order chi connectivity index (χ1) is 19.4. The van der Waals surface area contributed by atoms with Crippen LogP contribution in [0.15, 0.2) is 6.07 Å². The molecule has 1 radical (unpaired) electrons. The van der Waals surface area contributed by atoms with Crippen LogP contribution in [0.5, 0.6) is 23.0 Å². The van der Waals surface area contributed by atoms with E-state index in [2.05, 4.69) is 21.6 Å². The van der Waals surface area contributed by atoms with Gasteiger partial charge < -0.3 is 35.4 Å². The average molecular weight is 794 g/mol. The second-order valence-electron chi connectivity index (χ2n) is 11.9. The van der Waals surface area contributed by atoms with Gasteiger partial charge in [0.1, 0.15) is 23.8 Å². The summed E-state index contributed by atoms with van der Waals surface area (Å²) >= 11 is 0. The number of piperazine rings is 1. The molecule has 4 heterocycles. The van der Waals surface area contributed by atoms with Crippen molar-refractivity contribution >= 4 is 11.8 Å². The molecule has 1 unspecified atom stereocenters. The number of nitrogens with zero attached hydrogens (tertiary/aromatic N) is 2. The molecule has 0 spiro atoms. The molecule has 6 atom stereocenters. The molecule has 12 heteroatoms. The summed E-state index contributed by atoms with van der Waals surface area (Å²) in [5.74, 6) is 0.649. The molecular weight excluding hydrogens is 755 g/mol. The Morgan fingerprint density at radius 1 is 1.05 bits per heavy atom. The second-order valence-corrected chi connectivity index (χ2v) is 11.9. The summed E-state index contributed by atoms with van der Waals surface area (Å²) in [5, 5.41) is 40.4. The number of phenolic OH excluding ortho intramolecular Hbond substituents is 2. The number of rotatable bonds is 4. The number of aromatic hydroxyl groups is 2. The predicted molar refractivity (Wildman–Crippen MR) is 149 cm³/mol. The maximum absolute atomic E-state index is 13.0. The predicted octanol–water partition coefficient (Wildman–Crippen LogP) is 1.59. The Hall–Kier alpha value is -2.10. The van der Waals surface area contributed by atoms with Gasteiger partial charge in [0, 0.05) is 85.8 Å². The topological polar surface area (TPSA) is 144 Å². The van der Waals surface area contributed by atoms with E-state index >= 15 is 0 Å². The molecule has 2 bridgehead atoms. The van der Waals surface area contributed by atoms with Crippen molar-refractivity contribution in [3.63, 3.8) is 0 Å². The monoisotopic (exact) mass is 793 g/mol. The van der Waals surface area contributed by atoms with Crippen molar-refractivity contribution in [2.45, 2.75) is 83.9 Å². The molecule has 6 rings (SSSR count). The van der Waals surface area contributed by atoms with Crippen LogP contribution in [-0.4, -0.2) is 81.7 Å². The fourth-order valence-electron chi connectivity index (χ4n) is 7.44. The number of likely N-dealkylation sites (N-methyl/N-ethyl adjacent to an activating group) is 1. The first kappa shape index (κ1) is 31.3. The van der Waals surface area contributed by atoms with Crippen LogP contribution in [0.3, 0.4) is 0 Å². The summed E-state index contributed by atoms with van der Waals surface area (Å²) in [5.41, 5.74) is 5.61. The van der Waals surface area contributed by atoms with Crippen molar-refractivity contribution in [2.75, 3.05) is 20.4 Å². The van der Waals surface area contributed by atoms with Crippen LogP contribution in [0.4, 0.5) is 0 Å². The molecule has 5 N–H and O–H groups in total. The summed E-state index contributed by atoms with van der Waals surface area (Å²) in [6, 6.07) is -0.116. The number of hydrogen-bond donors (Lipinski definition) is 5. The molecule has 0 aliphatic carbocycles. The molecule has 223 valence electrons. The van der Waals surface area contributed by atoms with Gasteiger partial charge in [0.25, 0.3) is 0 Å². The van der Waals surface area contributed by atoms with Gasteiger partial charge in [-0.2, -0.15) is 0 Å². The minimum absolute atomic E-state index is 0. The number of aryl methyl sites for hydroxylation is 1. The first-order valence-corrected chi connectivity index (χ1v) is 14.1. The number of amides is 2. The minimum atomic E-state index is -0.914. The van der Waals surface area contributed by atoms with Crippen molar-refractivity contribution in [1.29, 1.82) is 0 Å². The smallest absolute Gasteiger partial charge is 0.242 e. The first-order valence-electron chi connectivity index (χ1n) is 14.1. The van der Waals surface area contributed by atoms with Gasteiger partial charge in [-0.3, -0.25) is 19.4 Å². The van der Waals surface area contributed by atoms with Crippen LogP contribution in [0.2, 0.25) is 0 Å². The summed E-state index contributed by atoms with van der Waals surface area (Å²) in [6.07, 6.45) is 0.0159. The van der Waals surface area contributed by atoms with E-state index in [1.54, 1.807) is 13.8 Å². The molecule has 2 aromatic rings. The number of carbonyl (C=O) groups excluding carboxylic acids is 2. The van der Waals surface area contributed by atoms with Gasteiger partial charge in [-0.15, -0.1) is 0 Å². The zero-order chi connectivity index (χ0) is 29.5. The molecule has 0 saturated carbocycles. The largest absolute Gasteiger partial charge is 0.507 e. The summed E-state index contributed by atoms with van der Waals surface area (Å²) < 4.78 is 11.7. The zero-order valence-corrected chi connectivity index (χ0v) is 29.6. The van der Waals surface area contributed by atoms with Crippen LogP contribution in [0.25, 0.3) is 0 Å². The molecule has 42 heavy (non-hydrogen) atoms. The minimum Gasteiger partial charge on any atom is -0.507 e. The number of carbonyl (C=O) groups is 2. The number of ether oxygens (including phenoxy) is 2. The van der Waals surface area contributed by atoms with Crippen LogP contribution < -0.4 is 20.1 Å². The summed E-state index contributed by atoms with van der Waals surface area (Å²) in [4.78, 5) is 28.7. The van der Waals surface area contributed by atoms with Crippen LogP contribution in [0.1, 0.15) is 64.9 Å². The molecule has 2 amide bonds. The van der Waals surface area contributed by atoms with E-state index in [-0.39, 0.29) is 98.8 Å². The fourth-order valence-corrected chi connectivity index (χ4v) is 7.44. The molecule has 11 nitrogen and oxygen atoms in total. The van der Waals surface area contributed by atoms with Crippen molar-refractivity contribution in [2.24, 2.45) is 0 Å². The third kappa shape index (κ3) is 4.69. The Morgan fingerprint density at radius 3 is 2.43 bits per heavy atom. The van der Waals surface area contributed by atoms with E-state index < -0.39 is 18.3 Å². The van der Waals surface area contributed by atoms with E-state index in [0.29, 0.717) is 41.0 Å². The van der Waals surface area contributed by atoms with E-state index in [9.17, 15) is 24.9 Å². The maximum Gasteiger partial charge on any atom is 0.242 e. The number of fused-ring (bicyclic) bond motifs is 9. The maximum atomic E-state index is 13.0. The van der Waals surface area contributed by atoms with Crippen LogP contribution in [-0.2, 0) is 22.4 Å². The van der Waals surface area contributed by atoms with Gasteiger partial charge in [0.05, 0.1) is 18.1 Å². The van der Waals surface area contributed by atoms with E-state index in [1.807, 2.05) is 25.8 Å².